The normalized spacial score (nSPS) is 16.3. The number of nitrogens with zero attached hydrogens (tertiary/aromatic N) is 2. The minimum atomic E-state index is -0.265. The smallest absolute Gasteiger partial charge is 0.274 e. The predicted molar refractivity (Wildman–Crippen MR) is 79.2 cm³/mol. The third-order valence-electron chi connectivity index (χ3n) is 3.53. The largest absolute Gasteiger partial charge is 0.488 e. The topological polar surface area (TPSA) is 82.2 Å². The quantitative estimate of drug-likeness (QED) is 0.885. The van der Waals surface area contributed by atoms with E-state index in [2.05, 4.69) is 10.4 Å². The van der Waals surface area contributed by atoms with Crippen LogP contribution in [0.4, 0.5) is 5.69 Å². The number of carbonyl (C=O) groups excluding carboxylic acids is 1. The summed E-state index contributed by atoms with van der Waals surface area (Å²) in [5.74, 6) is 0.630. The number of hydrogen-bond donors (Lipinski definition) is 2. The molecule has 0 bridgehead atoms. The molecule has 6 nitrogen and oxygen atoms in total. The van der Waals surface area contributed by atoms with Gasteiger partial charge in [-0.25, -0.2) is 0 Å². The fourth-order valence-corrected chi connectivity index (χ4v) is 2.43. The number of nitrogens with two attached hydrogens (primary N) is 1. The van der Waals surface area contributed by atoms with Crippen LogP contribution in [0.3, 0.4) is 0 Å². The lowest BCUT2D eigenvalue weighted by Crippen LogP contribution is -2.35. The monoisotopic (exact) mass is 286 g/mol. The highest BCUT2D eigenvalue weighted by atomic mass is 16.5. The van der Waals surface area contributed by atoms with Crippen LogP contribution in [0.1, 0.15) is 23.0 Å². The van der Waals surface area contributed by atoms with Crippen molar-refractivity contribution in [2.45, 2.75) is 26.0 Å². The van der Waals surface area contributed by atoms with Crippen molar-refractivity contribution < 1.29 is 9.53 Å². The van der Waals surface area contributed by atoms with Crippen LogP contribution >= 0.6 is 0 Å². The molecule has 110 valence electrons. The Balaban J connectivity index is 1.59. The number of amides is 1. The van der Waals surface area contributed by atoms with E-state index >= 15 is 0 Å². The van der Waals surface area contributed by atoms with Gasteiger partial charge in [0.05, 0.1) is 12.2 Å². The lowest BCUT2D eigenvalue weighted by Gasteiger charge is -2.11. The first-order valence-electron chi connectivity index (χ1n) is 7.03. The van der Waals surface area contributed by atoms with Crippen LogP contribution in [0.2, 0.25) is 0 Å². The second-order valence-electron chi connectivity index (χ2n) is 5.05. The van der Waals surface area contributed by atoms with Gasteiger partial charge < -0.3 is 15.8 Å². The summed E-state index contributed by atoms with van der Waals surface area (Å²) in [6, 6.07) is 7.91. The number of ether oxygens (including phenoxy) is 1. The summed E-state index contributed by atoms with van der Waals surface area (Å²) in [6.07, 6.45) is 2.42. The lowest BCUT2D eigenvalue weighted by molar-refractivity contribution is 0.0928. The highest BCUT2D eigenvalue weighted by Gasteiger charge is 2.23. The molecule has 0 fully saturated rings. The zero-order chi connectivity index (χ0) is 14.8. The molecule has 0 aliphatic carbocycles. The van der Waals surface area contributed by atoms with Gasteiger partial charge in [-0.1, -0.05) is 18.2 Å². The van der Waals surface area contributed by atoms with Gasteiger partial charge in [0.25, 0.3) is 5.91 Å². The summed E-state index contributed by atoms with van der Waals surface area (Å²) in [6.45, 7) is 3.06. The van der Waals surface area contributed by atoms with Crippen molar-refractivity contribution in [2.75, 3.05) is 12.3 Å². The van der Waals surface area contributed by atoms with Crippen molar-refractivity contribution >= 4 is 11.6 Å². The zero-order valence-corrected chi connectivity index (χ0v) is 11.9. The van der Waals surface area contributed by atoms with Crippen molar-refractivity contribution in [3.63, 3.8) is 0 Å². The summed E-state index contributed by atoms with van der Waals surface area (Å²) in [5, 5.41) is 6.99. The number of rotatable bonds is 4. The molecule has 1 aliphatic rings. The van der Waals surface area contributed by atoms with Crippen molar-refractivity contribution in [3.8, 4) is 5.75 Å². The molecule has 3 N–H and O–H groups in total. The van der Waals surface area contributed by atoms with Gasteiger partial charge in [-0.15, -0.1) is 0 Å². The predicted octanol–water partition coefficient (Wildman–Crippen LogP) is 1.22. The van der Waals surface area contributed by atoms with E-state index in [0.29, 0.717) is 18.8 Å². The summed E-state index contributed by atoms with van der Waals surface area (Å²) in [4.78, 5) is 12.1. The lowest BCUT2D eigenvalue weighted by atomic mass is 10.1. The second kappa shape index (κ2) is 5.47. The summed E-state index contributed by atoms with van der Waals surface area (Å²) in [5.41, 5.74) is 7.63. The highest BCUT2D eigenvalue weighted by Crippen LogP contribution is 2.27. The molecule has 1 atom stereocenters. The van der Waals surface area contributed by atoms with Crippen LogP contribution in [0.5, 0.6) is 5.75 Å². The standard InChI is InChI=1S/C15H18N4O2/c1-2-19-9-12(16)14(18-19)15(20)17-8-11-7-10-5-3-4-6-13(10)21-11/h3-6,9,11H,2,7-8,16H2,1H3,(H,17,20). The van der Waals surface area contributed by atoms with Crippen molar-refractivity contribution in [1.29, 1.82) is 0 Å². The maximum absolute atomic E-state index is 12.1. The Morgan fingerprint density at radius 3 is 3.05 bits per heavy atom. The maximum Gasteiger partial charge on any atom is 0.274 e. The Labute approximate surface area is 122 Å². The second-order valence-corrected chi connectivity index (χ2v) is 5.05. The summed E-state index contributed by atoms with van der Waals surface area (Å²) >= 11 is 0. The highest BCUT2D eigenvalue weighted by molar-refractivity contribution is 5.97. The van der Waals surface area contributed by atoms with E-state index in [4.69, 9.17) is 10.5 Å². The summed E-state index contributed by atoms with van der Waals surface area (Å²) in [7, 11) is 0. The molecule has 21 heavy (non-hydrogen) atoms. The minimum absolute atomic E-state index is 0.0409. The minimum Gasteiger partial charge on any atom is -0.488 e. The molecule has 0 saturated carbocycles. The maximum atomic E-state index is 12.1. The van der Waals surface area contributed by atoms with Gasteiger partial charge in [-0.05, 0) is 18.6 Å². The van der Waals surface area contributed by atoms with Crippen LogP contribution in [0.25, 0.3) is 0 Å². The zero-order valence-electron chi connectivity index (χ0n) is 11.9. The molecule has 1 aliphatic heterocycles. The summed E-state index contributed by atoms with van der Waals surface area (Å²) < 4.78 is 7.42. The Morgan fingerprint density at radius 2 is 2.33 bits per heavy atom. The van der Waals surface area contributed by atoms with Crippen LogP contribution in [0.15, 0.2) is 30.5 Å². The first kappa shape index (κ1) is 13.5. The fourth-order valence-electron chi connectivity index (χ4n) is 2.43. The number of hydrogen-bond acceptors (Lipinski definition) is 4. The first-order chi connectivity index (χ1) is 10.2. The third kappa shape index (κ3) is 2.69. The van der Waals surface area contributed by atoms with Gasteiger partial charge in [0, 0.05) is 19.2 Å². The van der Waals surface area contributed by atoms with E-state index in [1.54, 1.807) is 10.9 Å². The van der Waals surface area contributed by atoms with Gasteiger partial charge in [-0.2, -0.15) is 5.10 Å². The molecule has 2 aromatic rings. The van der Waals surface area contributed by atoms with E-state index in [9.17, 15) is 4.79 Å². The Morgan fingerprint density at radius 1 is 1.52 bits per heavy atom. The van der Waals surface area contributed by atoms with E-state index in [-0.39, 0.29) is 17.7 Å². The molecule has 0 spiro atoms. The number of fused-ring (bicyclic) bond motifs is 1. The van der Waals surface area contributed by atoms with Gasteiger partial charge >= 0.3 is 0 Å². The number of aryl methyl sites for hydroxylation is 1. The number of aromatic nitrogens is 2. The van der Waals surface area contributed by atoms with E-state index in [1.165, 1.54) is 5.56 Å². The Bertz CT molecular complexity index is 640. The average Bonchev–Trinajstić information content (AvgIpc) is 3.07. The van der Waals surface area contributed by atoms with Gasteiger partial charge in [0.2, 0.25) is 0 Å². The molecule has 6 heteroatoms. The molecule has 1 aromatic heterocycles. The molecule has 1 amide bonds. The molecule has 1 unspecified atom stereocenters. The Hall–Kier alpha value is -2.50. The van der Waals surface area contributed by atoms with Crippen LogP contribution < -0.4 is 15.8 Å². The number of anilines is 1. The third-order valence-corrected chi connectivity index (χ3v) is 3.53. The number of para-hydroxylation sites is 1. The molecule has 1 aromatic carbocycles. The first-order valence-corrected chi connectivity index (χ1v) is 7.03. The van der Waals surface area contributed by atoms with Gasteiger partial charge in [0.1, 0.15) is 11.9 Å². The Kier molecular flexibility index (Phi) is 3.51. The number of nitrogens with one attached hydrogen (secondary N) is 1. The van der Waals surface area contributed by atoms with Crippen LogP contribution in [0, 0.1) is 0 Å². The SMILES string of the molecule is CCn1cc(N)c(C(=O)NCC2Cc3ccccc3O2)n1. The van der Waals surface area contributed by atoms with Crippen molar-refractivity contribution in [2.24, 2.45) is 0 Å². The molecule has 3 rings (SSSR count). The molecule has 2 heterocycles. The van der Waals surface area contributed by atoms with E-state index < -0.39 is 0 Å². The van der Waals surface area contributed by atoms with Crippen molar-refractivity contribution in [1.82, 2.24) is 15.1 Å². The molecular formula is C15H18N4O2. The van der Waals surface area contributed by atoms with Crippen LogP contribution in [-0.2, 0) is 13.0 Å². The average molecular weight is 286 g/mol. The number of benzene rings is 1. The molecular weight excluding hydrogens is 268 g/mol. The van der Waals surface area contributed by atoms with E-state index in [1.807, 2.05) is 31.2 Å². The van der Waals surface area contributed by atoms with Gasteiger partial charge in [-0.3, -0.25) is 9.48 Å². The molecule has 0 radical (unpaired) electrons. The van der Waals surface area contributed by atoms with Crippen molar-refractivity contribution in [3.05, 3.63) is 41.7 Å². The number of carbonyl (C=O) groups is 1. The van der Waals surface area contributed by atoms with E-state index in [0.717, 1.165) is 12.2 Å². The molecule has 0 saturated heterocycles. The number of nitrogen functional groups attached to an aromatic ring is 1. The van der Waals surface area contributed by atoms with Gasteiger partial charge in [0.15, 0.2) is 5.69 Å². The van der Waals surface area contributed by atoms with Crippen LogP contribution in [-0.4, -0.2) is 28.3 Å². The fraction of sp³-hybridized carbons (Fsp3) is 0.333.